The Morgan fingerprint density at radius 2 is 2.14 bits per heavy atom. The van der Waals surface area contributed by atoms with Crippen LogP contribution in [0, 0.1) is 11.8 Å². The summed E-state index contributed by atoms with van der Waals surface area (Å²) >= 11 is 0. The van der Waals surface area contributed by atoms with Crippen LogP contribution < -0.4 is 5.32 Å². The quantitative estimate of drug-likeness (QED) is 0.739. The van der Waals surface area contributed by atoms with Crippen molar-refractivity contribution < 1.29 is 0 Å². The molecule has 0 spiro atoms. The highest BCUT2D eigenvalue weighted by atomic mass is 15.2. The Hall–Kier alpha value is -0.0800. The predicted octanol–water partition coefficient (Wildman–Crippen LogP) is 1.72. The zero-order chi connectivity index (χ0) is 9.97. The van der Waals surface area contributed by atoms with E-state index in [9.17, 15) is 0 Å². The fourth-order valence-corrected chi connectivity index (χ4v) is 2.55. The lowest BCUT2D eigenvalue weighted by Gasteiger charge is -2.27. The molecular formula is C12H24N2. The number of nitrogens with one attached hydrogen (secondary N) is 1. The lowest BCUT2D eigenvalue weighted by molar-refractivity contribution is 0.219. The Morgan fingerprint density at radius 3 is 2.86 bits per heavy atom. The van der Waals surface area contributed by atoms with Gasteiger partial charge in [0.15, 0.2) is 0 Å². The van der Waals surface area contributed by atoms with E-state index in [0.29, 0.717) is 0 Å². The first-order chi connectivity index (χ1) is 6.77. The van der Waals surface area contributed by atoms with E-state index in [1.54, 1.807) is 0 Å². The molecule has 1 aliphatic carbocycles. The molecule has 1 saturated heterocycles. The van der Waals surface area contributed by atoms with Crippen molar-refractivity contribution in [2.75, 3.05) is 26.7 Å². The van der Waals surface area contributed by atoms with E-state index in [2.05, 4.69) is 24.2 Å². The molecule has 2 heteroatoms. The van der Waals surface area contributed by atoms with Crippen molar-refractivity contribution in [1.29, 1.82) is 0 Å². The second kappa shape index (κ2) is 4.63. The number of hydrogen-bond donors (Lipinski definition) is 1. The molecule has 0 radical (unpaired) electrons. The number of hydrogen-bond acceptors (Lipinski definition) is 2. The van der Waals surface area contributed by atoms with Crippen molar-refractivity contribution in [2.24, 2.45) is 11.8 Å². The average molecular weight is 196 g/mol. The van der Waals surface area contributed by atoms with Gasteiger partial charge >= 0.3 is 0 Å². The highest BCUT2D eigenvalue weighted by Gasteiger charge is 2.34. The Bertz CT molecular complexity index is 173. The molecule has 0 aromatic rings. The molecule has 1 saturated carbocycles. The van der Waals surface area contributed by atoms with E-state index >= 15 is 0 Å². The van der Waals surface area contributed by atoms with Crippen LogP contribution in [0.15, 0.2) is 0 Å². The van der Waals surface area contributed by atoms with E-state index in [-0.39, 0.29) is 0 Å². The summed E-state index contributed by atoms with van der Waals surface area (Å²) in [5.74, 6) is 2.00. The van der Waals surface area contributed by atoms with E-state index in [1.165, 1.54) is 45.3 Å². The Balaban J connectivity index is 1.74. The van der Waals surface area contributed by atoms with Crippen LogP contribution in [0.5, 0.6) is 0 Å². The molecular weight excluding hydrogens is 172 g/mol. The maximum Gasteiger partial charge on any atom is 0.0217 e. The summed E-state index contributed by atoms with van der Waals surface area (Å²) in [6.07, 6.45) is 5.63. The summed E-state index contributed by atoms with van der Waals surface area (Å²) in [6.45, 7) is 6.14. The highest BCUT2D eigenvalue weighted by Crippen LogP contribution is 2.38. The molecule has 0 aromatic carbocycles. The number of nitrogens with zero attached hydrogens (tertiary/aromatic N) is 1. The van der Waals surface area contributed by atoms with Crippen LogP contribution in [0.3, 0.4) is 0 Å². The normalized spacial score (nSPS) is 38.4. The Morgan fingerprint density at radius 1 is 1.36 bits per heavy atom. The van der Waals surface area contributed by atoms with Gasteiger partial charge in [0.2, 0.25) is 0 Å². The van der Waals surface area contributed by atoms with Gasteiger partial charge < -0.3 is 10.2 Å². The maximum atomic E-state index is 3.54. The summed E-state index contributed by atoms with van der Waals surface area (Å²) in [4.78, 5) is 2.59. The largest absolute Gasteiger partial charge is 0.315 e. The minimum absolute atomic E-state index is 0.797. The first-order valence-electron chi connectivity index (χ1n) is 6.18. The van der Waals surface area contributed by atoms with Crippen molar-refractivity contribution in [1.82, 2.24) is 10.2 Å². The third kappa shape index (κ3) is 2.71. The summed E-state index contributed by atoms with van der Waals surface area (Å²) < 4.78 is 0. The van der Waals surface area contributed by atoms with Gasteiger partial charge in [-0.1, -0.05) is 13.3 Å². The lowest BCUT2D eigenvalue weighted by atomic mass is 10.1. The summed E-state index contributed by atoms with van der Waals surface area (Å²) in [6, 6.07) is 0.797. The van der Waals surface area contributed by atoms with Crippen molar-refractivity contribution in [3.05, 3.63) is 0 Å². The summed E-state index contributed by atoms with van der Waals surface area (Å²) in [7, 11) is 2.31. The van der Waals surface area contributed by atoms with Gasteiger partial charge in [0, 0.05) is 19.1 Å². The molecule has 1 N–H and O–H groups in total. The van der Waals surface area contributed by atoms with Crippen LogP contribution in [0.2, 0.25) is 0 Å². The van der Waals surface area contributed by atoms with Crippen LogP contribution in [0.4, 0.5) is 0 Å². The molecule has 14 heavy (non-hydrogen) atoms. The monoisotopic (exact) mass is 196 g/mol. The lowest BCUT2D eigenvalue weighted by Crippen LogP contribution is -2.39. The second-order valence-electron chi connectivity index (χ2n) is 5.27. The van der Waals surface area contributed by atoms with E-state index < -0.39 is 0 Å². The molecule has 2 nitrogen and oxygen atoms in total. The second-order valence-corrected chi connectivity index (χ2v) is 5.27. The minimum atomic E-state index is 0.797. The van der Waals surface area contributed by atoms with Crippen LogP contribution in [0.25, 0.3) is 0 Å². The third-order valence-corrected chi connectivity index (χ3v) is 3.94. The van der Waals surface area contributed by atoms with Crippen LogP contribution in [-0.2, 0) is 0 Å². The third-order valence-electron chi connectivity index (χ3n) is 3.94. The van der Waals surface area contributed by atoms with Crippen LogP contribution in [0.1, 0.15) is 32.6 Å². The minimum Gasteiger partial charge on any atom is -0.315 e. The van der Waals surface area contributed by atoms with Gasteiger partial charge in [0.1, 0.15) is 0 Å². The molecule has 2 rings (SSSR count). The van der Waals surface area contributed by atoms with E-state index in [0.717, 1.165) is 17.9 Å². The Labute approximate surface area is 88.1 Å². The molecule has 2 fully saturated rings. The number of likely N-dealkylation sites (N-methyl/N-ethyl adjacent to an activating group) is 1. The molecule has 0 aromatic heterocycles. The molecule has 82 valence electrons. The van der Waals surface area contributed by atoms with E-state index in [4.69, 9.17) is 0 Å². The summed E-state index contributed by atoms with van der Waals surface area (Å²) in [5.41, 5.74) is 0. The molecule has 2 aliphatic rings. The van der Waals surface area contributed by atoms with Crippen LogP contribution >= 0.6 is 0 Å². The van der Waals surface area contributed by atoms with Gasteiger partial charge in [-0.2, -0.15) is 0 Å². The maximum absolute atomic E-state index is 3.54. The molecule has 0 amide bonds. The molecule has 3 atom stereocenters. The van der Waals surface area contributed by atoms with Crippen LogP contribution in [-0.4, -0.2) is 37.6 Å². The molecule has 1 heterocycles. The zero-order valence-electron chi connectivity index (χ0n) is 9.63. The Kier molecular flexibility index (Phi) is 3.45. The van der Waals surface area contributed by atoms with Gasteiger partial charge in [0.05, 0.1) is 0 Å². The molecule has 0 bridgehead atoms. The predicted molar refractivity (Wildman–Crippen MR) is 60.4 cm³/mol. The fourth-order valence-electron chi connectivity index (χ4n) is 2.55. The van der Waals surface area contributed by atoms with Gasteiger partial charge in [-0.05, 0) is 44.7 Å². The zero-order valence-corrected chi connectivity index (χ0v) is 9.63. The SMILES string of the molecule is CC1CC1CN(C)C1CCCCNC1. The average Bonchev–Trinajstić information content (AvgIpc) is 2.89. The van der Waals surface area contributed by atoms with Crippen molar-refractivity contribution in [3.63, 3.8) is 0 Å². The van der Waals surface area contributed by atoms with Gasteiger partial charge in [-0.3, -0.25) is 0 Å². The van der Waals surface area contributed by atoms with E-state index in [1.807, 2.05) is 0 Å². The van der Waals surface area contributed by atoms with Gasteiger partial charge in [-0.25, -0.2) is 0 Å². The first-order valence-corrected chi connectivity index (χ1v) is 6.18. The fraction of sp³-hybridized carbons (Fsp3) is 1.00. The topological polar surface area (TPSA) is 15.3 Å². The number of rotatable bonds is 3. The smallest absolute Gasteiger partial charge is 0.0217 e. The van der Waals surface area contributed by atoms with Gasteiger partial charge in [-0.15, -0.1) is 0 Å². The first kappa shape index (κ1) is 10.4. The molecule has 3 unspecified atom stereocenters. The van der Waals surface area contributed by atoms with Crippen molar-refractivity contribution >= 4 is 0 Å². The van der Waals surface area contributed by atoms with Crippen molar-refractivity contribution in [3.8, 4) is 0 Å². The molecule has 1 aliphatic heterocycles. The standard InChI is InChI=1S/C12H24N2/c1-10-7-11(10)9-14(2)12-5-3-4-6-13-8-12/h10-13H,3-9H2,1-2H3. The van der Waals surface area contributed by atoms with Gasteiger partial charge in [0.25, 0.3) is 0 Å². The summed E-state index contributed by atoms with van der Waals surface area (Å²) in [5, 5.41) is 3.54. The highest BCUT2D eigenvalue weighted by molar-refractivity contribution is 4.86. The van der Waals surface area contributed by atoms with Crippen molar-refractivity contribution in [2.45, 2.75) is 38.6 Å².